The molecule has 0 aromatic rings. The first-order chi connectivity index (χ1) is 8.88. The fourth-order valence-electron chi connectivity index (χ4n) is 2.21. The fourth-order valence-corrected chi connectivity index (χ4v) is 2.21. The highest BCUT2D eigenvalue weighted by Crippen LogP contribution is 2.10. The van der Waals surface area contributed by atoms with Crippen LogP contribution in [0.2, 0.25) is 0 Å². The van der Waals surface area contributed by atoms with Gasteiger partial charge in [0.2, 0.25) is 5.91 Å². The van der Waals surface area contributed by atoms with Crippen LogP contribution in [0.5, 0.6) is 0 Å². The highest BCUT2D eigenvalue weighted by atomic mass is 16.5. The Labute approximate surface area is 113 Å². The number of nitrogens with two attached hydrogens (primary N) is 1. The minimum atomic E-state index is -0.974. The van der Waals surface area contributed by atoms with Gasteiger partial charge in [-0.2, -0.15) is 0 Å². The van der Waals surface area contributed by atoms with Crippen LogP contribution in [0.4, 0.5) is 0 Å². The molecule has 0 aromatic carbocycles. The van der Waals surface area contributed by atoms with Gasteiger partial charge in [-0.3, -0.25) is 19.4 Å². The SMILES string of the molecule is CC(C)N1CCOC(CN(CC(N)=O)CC(=O)O)C1. The van der Waals surface area contributed by atoms with Gasteiger partial charge in [-0.05, 0) is 13.8 Å². The maximum atomic E-state index is 10.9. The van der Waals surface area contributed by atoms with Crippen molar-refractivity contribution in [2.45, 2.75) is 26.0 Å². The van der Waals surface area contributed by atoms with E-state index in [4.69, 9.17) is 15.6 Å². The number of hydrogen-bond donors (Lipinski definition) is 2. The molecule has 19 heavy (non-hydrogen) atoms. The van der Waals surface area contributed by atoms with Gasteiger partial charge in [-0.25, -0.2) is 0 Å². The smallest absolute Gasteiger partial charge is 0.317 e. The number of primary amides is 1. The summed E-state index contributed by atoms with van der Waals surface area (Å²) in [4.78, 5) is 25.5. The molecule has 7 heteroatoms. The first-order valence-electron chi connectivity index (χ1n) is 6.46. The average molecular weight is 273 g/mol. The number of nitrogens with zero attached hydrogens (tertiary/aromatic N) is 2. The molecule has 0 aliphatic carbocycles. The first-order valence-corrected chi connectivity index (χ1v) is 6.46. The van der Waals surface area contributed by atoms with E-state index in [2.05, 4.69) is 18.7 Å². The Morgan fingerprint density at radius 3 is 2.68 bits per heavy atom. The fraction of sp³-hybridized carbons (Fsp3) is 0.833. The number of carboxylic acids is 1. The molecule has 0 aromatic heterocycles. The van der Waals surface area contributed by atoms with E-state index in [1.54, 1.807) is 0 Å². The van der Waals surface area contributed by atoms with Crippen molar-refractivity contribution in [2.75, 3.05) is 39.3 Å². The van der Waals surface area contributed by atoms with E-state index in [1.807, 2.05) is 0 Å². The molecule has 1 saturated heterocycles. The van der Waals surface area contributed by atoms with E-state index >= 15 is 0 Å². The van der Waals surface area contributed by atoms with Crippen LogP contribution in [-0.4, -0.2) is 78.3 Å². The largest absolute Gasteiger partial charge is 0.480 e. The number of ether oxygens (including phenoxy) is 1. The molecular weight excluding hydrogens is 250 g/mol. The molecule has 1 aliphatic heterocycles. The predicted octanol–water partition coefficient (Wildman–Crippen LogP) is -1.03. The lowest BCUT2D eigenvalue weighted by Crippen LogP contribution is -2.51. The molecule has 1 amide bonds. The van der Waals surface area contributed by atoms with Gasteiger partial charge in [0.1, 0.15) is 0 Å². The van der Waals surface area contributed by atoms with Crippen molar-refractivity contribution in [3.05, 3.63) is 0 Å². The van der Waals surface area contributed by atoms with Crippen molar-refractivity contribution >= 4 is 11.9 Å². The van der Waals surface area contributed by atoms with E-state index < -0.39 is 11.9 Å². The molecule has 1 unspecified atom stereocenters. The number of hydrogen-bond acceptors (Lipinski definition) is 5. The molecule has 1 heterocycles. The highest BCUT2D eigenvalue weighted by molar-refractivity contribution is 5.77. The van der Waals surface area contributed by atoms with Gasteiger partial charge in [-0.1, -0.05) is 0 Å². The monoisotopic (exact) mass is 273 g/mol. The Morgan fingerprint density at radius 2 is 2.16 bits per heavy atom. The molecule has 0 spiro atoms. The van der Waals surface area contributed by atoms with E-state index in [9.17, 15) is 9.59 Å². The number of amides is 1. The Balaban J connectivity index is 2.52. The van der Waals surface area contributed by atoms with Crippen molar-refractivity contribution in [3.8, 4) is 0 Å². The second kappa shape index (κ2) is 7.42. The minimum absolute atomic E-state index is 0.0617. The third-order valence-electron chi connectivity index (χ3n) is 3.10. The first kappa shape index (κ1) is 15.9. The van der Waals surface area contributed by atoms with Crippen LogP contribution in [0.25, 0.3) is 0 Å². The van der Waals surface area contributed by atoms with Crippen molar-refractivity contribution in [3.63, 3.8) is 0 Å². The molecule has 1 atom stereocenters. The Morgan fingerprint density at radius 1 is 1.47 bits per heavy atom. The average Bonchev–Trinajstić information content (AvgIpc) is 2.27. The zero-order valence-electron chi connectivity index (χ0n) is 11.5. The molecule has 1 rings (SSSR count). The molecular formula is C12H23N3O4. The number of carbonyl (C=O) groups is 2. The zero-order valence-corrected chi connectivity index (χ0v) is 11.5. The van der Waals surface area contributed by atoms with E-state index in [-0.39, 0.29) is 19.2 Å². The normalized spacial score (nSPS) is 20.9. The molecule has 1 aliphatic rings. The van der Waals surface area contributed by atoms with Crippen molar-refractivity contribution in [1.29, 1.82) is 0 Å². The number of carbonyl (C=O) groups excluding carboxylic acids is 1. The van der Waals surface area contributed by atoms with E-state index in [0.717, 1.165) is 13.1 Å². The Bertz CT molecular complexity index is 306. The summed E-state index contributed by atoms with van der Waals surface area (Å²) >= 11 is 0. The number of morpholine rings is 1. The van der Waals surface area contributed by atoms with E-state index in [1.165, 1.54) is 4.90 Å². The van der Waals surface area contributed by atoms with Crippen LogP contribution in [-0.2, 0) is 14.3 Å². The van der Waals surface area contributed by atoms with Crippen LogP contribution in [0, 0.1) is 0 Å². The number of rotatable bonds is 7. The standard InChI is InChI=1S/C12H23N3O4/c1-9(2)15-3-4-19-10(6-15)5-14(7-11(13)16)8-12(17)18/h9-10H,3-8H2,1-2H3,(H2,13,16)(H,17,18). The maximum absolute atomic E-state index is 10.9. The van der Waals surface area contributed by atoms with Crippen molar-refractivity contribution in [2.24, 2.45) is 5.73 Å². The lowest BCUT2D eigenvalue weighted by molar-refractivity contribution is -0.139. The molecule has 0 bridgehead atoms. The van der Waals surface area contributed by atoms with Crippen LogP contribution >= 0.6 is 0 Å². The van der Waals surface area contributed by atoms with Gasteiger partial charge in [0.05, 0.1) is 25.8 Å². The summed E-state index contributed by atoms with van der Waals surface area (Å²) in [6.45, 7) is 6.61. The second-order valence-electron chi connectivity index (χ2n) is 5.11. The Kier molecular flexibility index (Phi) is 6.20. The summed E-state index contributed by atoms with van der Waals surface area (Å²) in [6, 6.07) is 0.426. The van der Waals surface area contributed by atoms with Crippen molar-refractivity contribution < 1.29 is 19.4 Å². The molecule has 110 valence electrons. The third-order valence-corrected chi connectivity index (χ3v) is 3.10. The maximum Gasteiger partial charge on any atom is 0.317 e. The van der Waals surface area contributed by atoms with Gasteiger partial charge < -0.3 is 15.6 Å². The molecule has 0 radical (unpaired) electrons. The zero-order chi connectivity index (χ0) is 14.4. The predicted molar refractivity (Wildman–Crippen MR) is 69.7 cm³/mol. The molecule has 3 N–H and O–H groups in total. The highest BCUT2D eigenvalue weighted by Gasteiger charge is 2.25. The van der Waals surface area contributed by atoms with Crippen LogP contribution in [0.15, 0.2) is 0 Å². The summed E-state index contributed by atoms with van der Waals surface area (Å²) in [5, 5.41) is 8.82. The summed E-state index contributed by atoms with van der Waals surface area (Å²) in [6.07, 6.45) is -0.0881. The molecule has 1 fully saturated rings. The third kappa shape index (κ3) is 6.00. The molecule has 7 nitrogen and oxygen atoms in total. The van der Waals surface area contributed by atoms with Gasteiger partial charge in [-0.15, -0.1) is 0 Å². The van der Waals surface area contributed by atoms with Crippen LogP contribution < -0.4 is 5.73 Å². The number of carboxylic acid groups (broad SMARTS) is 1. The van der Waals surface area contributed by atoms with Crippen LogP contribution in [0.1, 0.15) is 13.8 Å². The summed E-state index contributed by atoms with van der Waals surface area (Å²) < 4.78 is 5.62. The van der Waals surface area contributed by atoms with Gasteiger partial charge in [0.25, 0.3) is 0 Å². The molecule has 0 saturated carbocycles. The summed E-state index contributed by atoms with van der Waals surface area (Å²) in [5.74, 6) is -1.50. The van der Waals surface area contributed by atoms with Gasteiger partial charge in [0.15, 0.2) is 0 Å². The lowest BCUT2D eigenvalue weighted by Gasteiger charge is -2.37. The quantitative estimate of drug-likeness (QED) is 0.615. The van der Waals surface area contributed by atoms with Crippen LogP contribution in [0.3, 0.4) is 0 Å². The Hall–Kier alpha value is -1.18. The topological polar surface area (TPSA) is 96.1 Å². The van der Waals surface area contributed by atoms with Gasteiger partial charge in [0, 0.05) is 25.7 Å². The van der Waals surface area contributed by atoms with E-state index in [0.29, 0.717) is 19.2 Å². The second-order valence-corrected chi connectivity index (χ2v) is 5.11. The summed E-state index contributed by atoms with van der Waals surface area (Å²) in [7, 11) is 0. The minimum Gasteiger partial charge on any atom is -0.480 e. The van der Waals surface area contributed by atoms with Crippen molar-refractivity contribution in [1.82, 2.24) is 9.80 Å². The lowest BCUT2D eigenvalue weighted by atomic mass is 10.2. The number of aliphatic carboxylic acids is 1. The summed E-state index contributed by atoms with van der Waals surface area (Å²) in [5.41, 5.74) is 5.12. The van der Waals surface area contributed by atoms with Gasteiger partial charge >= 0.3 is 5.97 Å².